The first kappa shape index (κ1) is 17.9. The second kappa shape index (κ2) is 8.98. The normalized spacial score (nSPS) is 12.9. The minimum Gasteiger partial charge on any atom is -0.461 e. The zero-order chi connectivity index (χ0) is 15.7. The molecule has 118 valence electrons. The van der Waals surface area contributed by atoms with E-state index in [0.29, 0.717) is 24.5 Å². The summed E-state index contributed by atoms with van der Waals surface area (Å²) in [7, 11) is -0.732. The van der Waals surface area contributed by atoms with Crippen molar-refractivity contribution in [1.82, 2.24) is 0 Å². The van der Waals surface area contributed by atoms with Gasteiger partial charge in [-0.05, 0) is 23.8 Å². The van der Waals surface area contributed by atoms with Crippen LogP contribution in [0.3, 0.4) is 0 Å². The van der Waals surface area contributed by atoms with Crippen molar-refractivity contribution in [1.29, 1.82) is 0 Å². The van der Waals surface area contributed by atoms with E-state index in [1.165, 1.54) is 0 Å². The highest BCUT2D eigenvalue weighted by molar-refractivity contribution is 7.84. The minimum atomic E-state index is -0.732. The molecule has 0 amide bonds. The quantitative estimate of drug-likeness (QED) is 0.653. The molecule has 1 rings (SSSR count). The van der Waals surface area contributed by atoms with Gasteiger partial charge in [0.25, 0.3) is 0 Å². The van der Waals surface area contributed by atoms with E-state index in [9.17, 15) is 9.00 Å². The number of esters is 1. The Labute approximate surface area is 130 Å². The van der Waals surface area contributed by atoms with Gasteiger partial charge < -0.3 is 4.74 Å². The number of benzene rings is 1. The van der Waals surface area contributed by atoms with E-state index < -0.39 is 10.8 Å². The molecule has 1 atom stereocenters. The van der Waals surface area contributed by atoms with Crippen molar-refractivity contribution in [3.8, 4) is 0 Å². The monoisotopic (exact) mass is 310 g/mol. The van der Waals surface area contributed by atoms with Crippen LogP contribution in [-0.2, 0) is 26.9 Å². The molecule has 0 heterocycles. The fourth-order valence-corrected chi connectivity index (χ4v) is 2.98. The van der Waals surface area contributed by atoms with Crippen LogP contribution in [0.4, 0.5) is 0 Å². The van der Waals surface area contributed by atoms with Crippen molar-refractivity contribution in [2.45, 2.75) is 46.6 Å². The summed E-state index contributed by atoms with van der Waals surface area (Å²) in [6.45, 7) is 6.50. The first-order valence-electron chi connectivity index (χ1n) is 7.47. The number of carbonyl (C=O) groups excluding carboxylic acids is 1. The topological polar surface area (TPSA) is 43.4 Å². The van der Waals surface area contributed by atoms with Crippen molar-refractivity contribution in [2.24, 2.45) is 5.41 Å². The summed E-state index contributed by atoms with van der Waals surface area (Å²) in [6.07, 6.45) is 2.06. The van der Waals surface area contributed by atoms with Crippen LogP contribution in [0.25, 0.3) is 0 Å². The number of ether oxygens (including phenoxy) is 1. The van der Waals surface area contributed by atoms with Gasteiger partial charge in [-0.15, -0.1) is 0 Å². The van der Waals surface area contributed by atoms with Gasteiger partial charge in [0.05, 0.1) is 0 Å². The number of hydrogen-bond acceptors (Lipinski definition) is 3. The standard InChI is InChI=1S/C17H26O3S/c1-4-21(19)13-12-17(2,3)11-10-16(18)20-14-15-8-6-5-7-9-15/h5-9H,4,10-14H2,1-3H3. The molecule has 0 radical (unpaired) electrons. The second-order valence-electron chi connectivity index (χ2n) is 5.99. The Balaban J connectivity index is 2.26. The summed E-state index contributed by atoms with van der Waals surface area (Å²) in [5.41, 5.74) is 1.03. The highest BCUT2D eigenvalue weighted by Gasteiger charge is 2.20. The SMILES string of the molecule is CCS(=O)CCC(C)(C)CCC(=O)OCc1ccccc1. The third-order valence-corrected chi connectivity index (χ3v) is 4.88. The number of rotatable bonds is 9. The molecule has 3 nitrogen and oxygen atoms in total. The third kappa shape index (κ3) is 8.00. The molecule has 0 aliphatic rings. The van der Waals surface area contributed by atoms with Crippen LogP contribution in [0.5, 0.6) is 0 Å². The van der Waals surface area contributed by atoms with E-state index in [1.807, 2.05) is 37.3 Å². The van der Waals surface area contributed by atoms with Crippen LogP contribution >= 0.6 is 0 Å². The van der Waals surface area contributed by atoms with Crippen molar-refractivity contribution in [2.75, 3.05) is 11.5 Å². The number of hydrogen-bond donors (Lipinski definition) is 0. The van der Waals surface area contributed by atoms with Crippen molar-refractivity contribution < 1.29 is 13.7 Å². The van der Waals surface area contributed by atoms with Crippen LogP contribution < -0.4 is 0 Å². The summed E-state index contributed by atoms with van der Waals surface area (Å²) >= 11 is 0. The zero-order valence-corrected chi connectivity index (χ0v) is 14.1. The van der Waals surface area contributed by atoms with Gasteiger partial charge in [0.15, 0.2) is 0 Å². The van der Waals surface area contributed by atoms with Gasteiger partial charge in [0, 0.05) is 28.7 Å². The number of carbonyl (C=O) groups is 1. The van der Waals surface area contributed by atoms with Crippen LogP contribution in [0, 0.1) is 5.41 Å². The minimum absolute atomic E-state index is 0.0244. The molecule has 1 unspecified atom stereocenters. The van der Waals surface area contributed by atoms with Gasteiger partial charge >= 0.3 is 5.97 Å². The van der Waals surface area contributed by atoms with E-state index in [4.69, 9.17) is 4.74 Å². The van der Waals surface area contributed by atoms with Crippen molar-refractivity contribution in [3.63, 3.8) is 0 Å². The highest BCUT2D eigenvalue weighted by Crippen LogP contribution is 2.27. The van der Waals surface area contributed by atoms with Gasteiger partial charge in [-0.1, -0.05) is 51.1 Å². The smallest absolute Gasteiger partial charge is 0.306 e. The fourth-order valence-electron chi connectivity index (χ4n) is 1.91. The molecule has 0 fully saturated rings. The van der Waals surface area contributed by atoms with E-state index in [-0.39, 0.29) is 11.4 Å². The maximum absolute atomic E-state index is 11.8. The Hall–Kier alpha value is -1.16. The van der Waals surface area contributed by atoms with Gasteiger partial charge in [0.2, 0.25) is 0 Å². The Morgan fingerprint density at radius 2 is 1.86 bits per heavy atom. The van der Waals surface area contributed by atoms with Gasteiger partial charge in [-0.25, -0.2) is 0 Å². The van der Waals surface area contributed by atoms with Crippen LogP contribution in [0.15, 0.2) is 30.3 Å². The summed E-state index contributed by atoms with van der Waals surface area (Å²) in [4.78, 5) is 11.8. The molecule has 0 N–H and O–H groups in total. The molecule has 0 saturated heterocycles. The molecule has 0 aliphatic heterocycles. The largest absolute Gasteiger partial charge is 0.461 e. The molecule has 4 heteroatoms. The predicted octanol–water partition coefficient (Wildman–Crippen LogP) is 3.69. The first-order chi connectivity index (χ1) is 9.93. The fraction of sp³-hybridized carbons (Fsp3) is 0.588. The molecule has 0 bridgehead atoms. The molecule has 1 aromatic rings. The lowest BCUT2D eigenvalue weighted by atomic mass is 9.85. The van der Waals surface area contributed by atoms with E-state index in [0.717, 1.165) is 18.4 Å². The second-order valence-corrected chi connectivity index (χ2v) is 7.86. The molecular formula is C17H26O3S. The summed E-state index contributed by atoms with van der Waals surface area (Å²) in [6, 6.07) is 9.68. The Morgan fingerprint density at radius 3 is 2.48 bits per heavy atom. The highest BCUT2D eigenvalue weighted by atomic mass is 32.2. The lowest BCUT2D eigenvalue weighted by Crippen LogP contribution is -2.18. The summed E-state index contributed by atoms with van der Waals surface area (Å²) in [5, 5.41) is 0. The van der Waals surface area contributed by atoms with E-state index >= 15 is 0 Å². The molecule has 0 saturated carbocycles. The maximum Gasteiger partial charge on any atom is 0.306 e. The lowest BCUT2D eigenvalue weighted by molar-refractivity contribution is -0.145. The maximum atomic E-state index is 11.8. The molecule has 21 heavy (non-hydrogen) atoms. The summed E-state index contributed by atoms with van der Waals surface area (Å²) < 4.78 is 16.7. The zero-order valence-electron chi connectivity index (χ0n) is 13.3. The van der Waals surface area contributed by atoms with Crippen molar-refractivity contribution in [3.05, 3.63) is 35.9 Å². The van der Waals surface area contributed by atoms with Crippen molar-refractivity contribution >= 4 is 16.8 Å². The Kier molecular flexibility index (Phi) is 7.65. The third-order valence-electron chi connectivity index (χ3n) is 3.58. The Morgan fingerprint density at radius 1 is 1.19 bits per heavy atom. The van der Waals surface area contributed by atoms with Gasteiger partial charge in [-0.3, -0.25) is 9.00 Å². The molecule has 1 aromatic carbocycles. The molecule has 0 spiro atoms. The molecule has 0 aliphatic carbocycles. The van der Waals surface area contributed by atoms with Crippen LogP contribution in [0.2, 0.25) is 0 Å². The summed E-state index contributed by atoms with van der Waals surface area (Å²) in [5.74, 6) is 1.25. The van der Waals surface area contributed by atoms with Gasteiger partial charge in [-0.2, -0.15) is 0 Å². The average molecular weight is 310 g/mol. The van der Waals surface area contributed by atoms with Crippen LogP contribution in [0.1, 0.15) is 45.6 Å². The average Bonchev–Trinajstić information content (AvgIpc) is 2.49. The molecule has 0 aromatic heterocycles. The lowest BCUT2D eigenvalue weighted by Gasteiger charge is -2.23. The van der Waals surface area contributed by atoms with E-state index in [1.54, 1.807) is 0 Å². The first-order valence-corrected chi connectivity index (χ1v) is 8.96. The molecular weight excluding hydrogens is 284 g/mol. The predicted molar refractivity (Wildman–Crippen MR) is 87.4 cm³/mol. The van der Waals surface area contributed by atoms with Crippen LogP contribution in [-0.4, -0.2) is 21.7 Å². The Bertz CT molecular complexity index is 454. The van der Waals surface area contributed by atoms with E-state index in [2.05, 4.69) is 13.8 Å². The van der Waals surface area contributed by atoms with Gasteiger partial charge in [0.1, 0.15) is 6.61 Å².